The van der Waals surface area contributed by atoms with Gasteiger partial charge in [-0.2, -0.15) is 0 Å². The molecule has 0 saturated carbocycles. The second kappa shape index (κ2) is 6.34. The van der Waals surface area contributed by atoms with Crippen molar-refractivity contribution in [3.63, 3.8) is 0 Å². The number of allylic oxidation sites excluding steroid dienone is 1. The van der Waals surface area contributed by atoms with Gasteiger partial charge >= 0.3 is 0 Å². The molecule has 0 N–H and O–H groups in total. The molecule has 0 aromatic heterocycles. The summed E-state index contributed by atoms with van der Waals surface area (Å²) in [5.41, 5.74) is 2.48. The third-order valence-electron chi connectivity index (χ3n) is 3.54. The van der Waals surface area contributed by atoms with Gasteiger partial charge in [0.25, 0.3) is 0 Å². The lowest BCUT2D eigenvalue weighted by Gasteiger charge is -2.11. The molecule has 0 bridgehead atoms. The number of fused-ring (bicyclic) bond motifs is 1. The first-order valence-corrected chi connectivity index (χ1v) is 7.51. The van der Waals surface area contributed by atoms with Crippen LogP contribution >= 0.6 is 11.6 Å². The first kappa shape index (κ1) is 15.4. The molecule has 5 heteroatoms. The molecule has 0 amide bonds. The SMILES string of the molecule is CN(C)c1ccc(C(=O)/C=C/c2cc(Cl)c3c(c2)OCO3)cc1. The van der Waals surface area contributed by atoms with E-state index in [9.17, 15) is 4.79 Å². The number of hydrogen-bond acceptors (Lipinski definition) is 4. The summed E-state index contributed by atoms with van der Waals surface area (Å²) in [6, 6.07) is 11.0. The summed E-state index contributed by atoms with van der Waals surface area (Å²) in [6.45, 7) is 0.166. The third kappa shape index (κ3) is 3.32. The van der Waals surface area contributed by atoms with E-state index in [1.807, 2.05) is 43.3 Å². The standard InChI is InChI=1S/C18H16ClNO3/c1-20(2)14-6-4-13(5-7-14)16(21)8-3-12-9-15(19)18-17(10-12)22-11-23-18/h3-10H,11H2,1-2H3/b8-3+. The van der Waals surface area contributed by atoms with Crippen LogP contribution in [0.2, 0.25) is 5.02 Å². The van der Waals surface area contributed by atoms with Gasteiger partial charge in [0.15, 0.2) is 17.3 Å². The van der Waals surface area contributed by atoms with Crippen molar-refractivity contribution in [2.45, 2.75) is 0 Å². The summed E-state index contributed by atoms with van der Waals surface area (Å²) < 4.78 is 10.6. The van der Waals surface area contributed by atoms with E-state index in [4.69, 9.17) is 21.1 Å². The molecule has 23 heavy (non-hydrogen) atoms. The highest BCUT2D eigenvalue weighted by Gasteiger charge is 2.17. The number of ketones is 1. The molecule has 0 aliphatic carbocycles. The Hall–Kier alpha value is -2.46. The minimum absolute atomic E-state index is 0.0657. The van der Waals surface area contributed by atoms with Crippen molar-refractivity contribution in [2.75, 3.05) is 25.8 Å². The minimum Gasteiger partial charge on any atom is -0.454 e. The molecule has 0 unspecified atom stereocenters. The summed E-state index contributed by atoms with van der Waals surface area (Å²) >= 11 is 6.13. The second-order valence-electron chi connectivity index (χ2n) is 5.38. The predicted molar refractivity (Wildman–Crippen MR) is 91.7 cm³/mol. The Morgan fingerprint density at radius 2 is 1.91 bits per heavy atom. The van der Waals surface area contributed by atoms with Crippen molar-refractivity contribution in [3.05, 3.63) is 58.6 Å². The Morgan fingerprint density at radius 1 is 1.17 bits per heavy atom. The molecule has 1 aliphatic heterocycles. The molecule has 2 aromatic rings. The molecule has 2 aromatic carbocycles. The first-order chi connectivity index (χ1) is 11.0. The molecule has 0 spiro atoms. The summed E-state index contributed by atoms with van der Waals surface area (Å²) in [6.07, 6.45) is 3.24. The average Bonchev–Trinajstić information content (AvgIpc) is 3.02. The normalized spacial score (nSPS) is 12.7. The molecule has 1 heterocycles. The van der Waals surface area contributed by atoms with Crippen LogP contribution < -0.4 is 14.4 Å². The molecule has 4 nitrogen and oxygen atoms in total. The van der Waals surface area contributed by atoms with E-state index >= 15 is 0 Å². The summed E-state index contributed by atoms with van der Waals surface area (Å²) in [5, 5.41) is 0.474. The van der Waals surface area contributed by atoms with Gasteiger partial charge in [0.1, 0.15) is 0 Å². The highest BCUT2D eigenvalue weighted by atomic mass is 35.5. The van der Waals surface area contributed by atoms with E-state index in [1.165, 1.54) is 6.08 Å². The van der Waals surface area contributed by atoms with E-state index in [2.05, 4.69) is 0 Å². The zero-order valence-electron chi connectivity index (χ0n) is 12.9. The number of anilines is 1. The van der Waals surface area contributed by atoms with Gasteiger partial charge in [-0.25, -0.2) is 0 Å². The zero-order chi connectivity index (χ0) is 16.4. The molecule has 3 rings (SSSR count). The van der Waals surface area contributed by atoms with Gasteiger partial charge in [0.2, 0.25) is 6.79 Å². The summed E-state index contributed by atoms with van der Waals surface area (Å²) in [7, 11) is 3.92. The fourth-order valence-electron chi connectivity index (χ4n) is 2.28. The van der Waals surface area contributed by atoms with E-state index in [0.717, 1.165) is 11.3 Å². The quantitative estimate of drug-likeness (QED) is 0.627. The van der Waals surface area contributed by atoms with Gasteiger partial charge in [-0.15, -0.1) is 0 Å². The van der Waals surface area contributed by atoms with Crippen LogP contribution in [0, 0.1) is 0 Å². The van der Waals surface area contributed by atoms with Crippen molar-refractivity contribution in [1.29, 1.82) is 0 Å². The van der Waals surface area contributed by atoms with Gasteiger partial charge in [-0.3, -0.25) is 4.79 Å². The number of carbonyl (C=O) groups excluding carboxylic acids is 1. The predicted octanol–water partition coefficient (Wildman–Crippen LogP) is 4.03. The Kier molecular flexibility index (Phi) is 4.26. The topological polar surface area (TPSA) is 38.8 Å². The van der Waals surface area contributed by atoms with E-state index in [-0.39, 0.29) is 12.6 Å². The Morgan fingerprint density at radius 3 is 2.61 bits per heavy atom. The highest BCUT2D eigenvalue weighted by Crippen LogP contribution is 2.40. The molecule has 0 atom stereocenters. The monoisotopic (exact) mass is 329 g/mol. The Balaban J connectivity index is 1.77. The number of ether oxygens (including phenoxy) is 2. The van der Waals surface area contributed by atoms with Crippen LogP contribution in [0.25, 0.3) is 6.08 Å². The van der Waals surface area contributed by atoms with Crippen LogP contribution in [0.4, 0.5) is 5.69 Å². The molecule has 118 valence electrons. The second-order valence-corrected chi connectivity index (χ2v) is 5.78. The Bertz CT molecular complexity index is 767. The zero-order valence-corrected chi connectivity index (χ0v) is 13.6. The average molecular weight is 330 g/mol. The lowest BCUT2D eigenvalue weighted by molar-refractivity contribution is 0.104. The molecular formula is C18H16ClNO3. The van der Waals surface area contributed by atoms with Crippen molar-refractivity contribution < 1.29 is 14.3 Å². The number of nitrogens with zero attached hydrogens (tertiary/aromatic N) is 1. The van der Waals surface area contributed by atoms with Gasteiger partial charge in [0.05, 0.1) is 5.02 Å². The van der Waals surface area contributed by atoms with Crippen LogP contribution in [-0.4, -0.2) is 26.7 Å². The number of halogens is 1. The maximum absolute atomic E-state index is 12.2. The van der Waals surface area contributed by atoms with Crippen LogP contribution in [0.3, 0.4) is 0 Å². The van der Waals surface area contributed by atoms with Gasteiger partial charge < -0.3 is 14.4 Å². The van der Waals surface area contributed by atoms with E-state index < -0.39 is 0 Å². The lowest BCUT2D eigenvalue weighted by atomic mass is 10.1. The van der Waals surface area contributed by atoms with Crippen LogP contribution in [0.5, 0.6) is 11.5 Å². The number of benzene rings is 2. The largest absolute Gasteiger partial charge is 0.454 e. The van der Waals surface area contributed by atoms with E-state index in [0.29, 0.717) is 22.1 Å². The van der Waals surface area contributed by atoms with Crippen molar-refractivity contribution in [2.24, 2.45) is 0 Å². The lowest BCUT2D eigenvalue weighted by Crippen LogP contribution is -2.08. The smallest absolute Gasteiger partial charge is 0.231 e. The van der Waals surface area contributed by atoms with Gasteiger partial charge in [0, 0.05) is 25.3 Å². The fourth-order valence-corrected chi connectivity index (χ4v) is 2.55. The van der Waals surface area contributed by atoms with Crippen molar-refractivity contribution in [3.8, 4) is 11.5 Å². The highest BCUT2D eigenvalue weighted by molar-refractivity contribution is 6.32. The van der Waals surface area contributed by atoms with Crippen LogP contribution in [0.1, 0.15) is 15.9 Å². The van der Waals surface area contributed by atoms with Crippen molar-refractivity contribution in [1.82, 2.24) is 0 Å². The summed E-state index contributed by atoms with van der Waals surface area (Å²) in [4.78, 5) is 14.2. The Labute approximate surface area is 139 Å². The first-order valence-electron chi connectivity index (χ1n) is 7.13. The van der Waals surface area contributed by atoms with Crippen LogP contribution in [0.15, 0.2) is 42.5 Å². The molecule has 0 saturated heterocycles. The molecule has 1 aliphatic rings. The van der Waals surface area contributed by atoms with Crippen LogP contribution in [-0.2, 0) is 0 Å². The van der Waals surface area contributed by atoms with Crippen molar-refractivity contribution >= 4 is 29.1 Å². The molecular weight excluding hydrogens is 314 g/mol. The molecule has 0 radical (unpaired) electrons. The molecule has 0 fully saturated rings. The van der Waals surface area contributed by atoms with E-state index in [1.54, 1.807) is 18.2 Å². The van der Waals surface area contributed by atoms with Gasteiger partial charge in [-0.05, 0) is 48.0 Å². The fraction of sp³-hybridized carbons (Fsp3) is 0.167. The number of rotatable bonds is 4. The number of hydrogen-bond donors (Lipinski definition) is 0. The minimum atomic E-state index is -0.0657. The maximum atomic E-state index is 12.2. The summed E-state index contributed by atoms with van der Waals surface area (Å²) in [5.74, 6) is 1.08. The van der Waals surface area contributed by atoms with Gasteiger partial charge in [-0.1, -0.05) is 17.7 Å². The maximum Gasteiger partial charge on any atom is 0.231 e. The third-order valence-corrected chi connectivity index (χ3v) is 3.83. The number of carbonyl (C=O) groups is 1.